The smallest absolute Gasteiger partial charge is 0.0595 e. The van der Waals surface area contributed by atoms with E-state index in [9.17, 15) is 0 Å². The Morgan fingerprint density at radius 1 is 1.27 bits per heavy atom. The molecule has 1 saturated heterocycles. The van der Waals surface area contributed by atoms with Crippen LogP contribution in [-0.4, -0.2) is 42.3 Å². The Kier molecular flexibility index (Phi) is 3.83. The van der Waals surface area contributed by atoms with Gasteiger partial charge in [0.2, 0.25) is 0 Å². The Balaban J connectivity index is 2.13. The van der Waals surface area contributed by atoms with E-state index in [4.69, 9.17) is 10.8 Å². The van der Waals surface area contributed by atoms with E-state index < -0.39 is 0 Å². The molecule has 0 aliphatic carbocycles. The van der Waals surface area contributed by atoms with Gasteiger partial charge in [0.05, 0.1) is 6.61 Å². The van der Waals surface area contributed by atoms with E-state index >= 15 is 0 Å². The molecule has 1 atom stereocenters. The highest BCUT2D eigenvalue weighted by Gasteiger charge is 2.12. The van der Waals surface area contributed by atoms with Crippen LogP contribution in [0, 0.1) is 0 Å². The average Bonchev–Trinajstić information content (AvgIpc) is 2.06. The Morgan fingerprint density at radius 3 is 2.45 bits per heavy atom. The summed E-state index contributed by atoms with van der Waals surface area (Å²) in [7, 11) is 0. The highest BCUT2D eigenvalue weighted by atomic mass is 16.3. The fraction of sp³-hybridized carbons (Fsp3) is 1.00. The number of nitrogens with two attached hydrogens (primary N) is 1. The minimum atomic E-state index is -0.0481. The Hall–Kier alpha value is -0.120. The van der Waals surface area contributed by atoms with Crippen LogP contribution in [0.5, 0.6) is 0 Å². The number of hydrogen-bond donors (Lipinski definition) is 2. The van der Waals surface area contributed by atoms with Gasteiger partial charge in [-0.2, -0.15) is 0 Å². The lowest BCUT2D eigenvalue weighted by Gasteiger charge is -2.28. The molecule has 11 heavy (non-hydrogen) atoms. The predicted molar refractivity (Wildman–Crippen MR) is 45.4 cm³/mol. The summed E-state index contributed by atoms with van der Waals surface area (Å²) in [6.07, 6.45) is 3.93. The number of aliphatic hydroxyl groups is 1. The van der Waals surface area contributed by atoms with E-state index in [0.29, 0.717) is 0 Å². The van der Waals surface area contributed by atoms with Gasteiger partial charge in [-0.05, 0) is 25.9 Å². The lowest BCUT2D eigenvalue weighted by atomic mass is 10.1. The van der Waals surface area contributed by atoms with Gasteiger partial charge in [0.1, 0.15) is 0 Å². The topological polar surface area (TPSA) is 49.5 Å². The molecule has 3 N–H and O–H groups in total. The molecule has 0 aromatic heterocycles. The normalized spacial score (nSPS) is 23.5. The maximum Gasteiger partial charge on any atom is 0.0595 e. The molecule has 66 valence electrons. The number of piperidine rings is 1. The average molecular weight is 158 g/mol. The summed E-state index contributed by atoms with van der Waals surface area (Å²) in [4.78, 5) is 2.34. The lowest BCUT2D eigenvalue weighted by molar-refractivity contribution is 0.180. The summed E-state index contributed by atoms with van der Waals surface area (Å²) in [6, 6.07) is -0.0481. The molecule has 1 aliphatic rings. The first kappa shape index (κ1) is 8.97. The Bertz CT molecular complexity index is 102. The first-order valence-electron chi connectivity index (χ1n) is 4.41. The standard InChI is InChI=1S/C8H18N2O/c9-8(7-11)6-10-4-2-1-3-5-10/h8,11H,1-7,9H2. The fourth-order valence-electron chi connectivity index (χ4n) is 1.53. The molecule has 0 bridgehead atoms. The van der Waals surface area contributed by atoms with Crippen LogP contribution < -0.4 is 5.73 Å². The summed E-state index contributed by atoms with van der Waals surface area (Å²) >= 11 is 0. The molecule has 0 radical (unpaired) electrons. The quantitative estimate of drug-likeness (QED) is 0.597. The van der Waals surface area contributed by atoms with Gasteiger partial charge < -0.3 is 15.7 Å². The zero-order valence-electron chi connectivity index (χ0n) is 7.00. The highest BCUT2D eigenvalue weighted by Crippen LogP contribution is 2.07. The molecule has 0 aromatic carbocycles. The number of aliphatic hydroxyl groups excluding tert-OH is 1. The predicted octanol–water partition coefficient (Wildman–Crippen LogP) is -0.208. The summed E-state index contributed by atoms with van der Waals surface area (Å²) in [5, 5.41) is 8.71. The second kappa shape index (κ2) is 4.70. The van der Waals surface area contributed by atoms with E-state index in [0.717, 1.165) is 19.6 Å². The van der Waals surface area contributed by atoms with Crippen molar-refractivity contribution in [2.24, 2.45) is 5.73 Å². The van der Waals surface area contributed by atoms with Crippen molar-refractivity contribution in [3.05, 3.63) is 0 Å². The van der Waals surface area contributed by atoms with Crippen LogP contribution in [-0.2, 0) is 0 Å². The molecule has 0 spiro atoms. The minimum absolute atomic E-state index is 0.0481. The molecule has 1 heterocycles. The van der Waals surface area contributed by atoms with Crippen LogP contribution in [0.4, 0.5) is 0 Å². The molecule has 3 heteroatoms. The molecule has 1 fully saturated rings. The summed E-state index contributed by atoms with van der Waals surface area (Å²) in [6.45, 7) is 3.29. The molecular formula is C8H18N2O. The summed E-state index contributed by atoms with van der Waals surface area (Å²) in [5.74, 6) is 0. The van der Waals surface area contributed by atoms with Crippen LogP contribution in [0.1, 0.15) is 19.3 Å². The second-order valence-corrected chi connectivity index (χ2v) is 3.30. The summed E-state index contributed by atoms with van der Waals surface area (Å²) < 4.78 is 0. The number of nitrogens with zero attached hydrogens (tertiary/aromatic N) is 1. The monoisotopic (exact) mass is 158 g/mol. The van der Waals surface area contributed by atoms with Gasteiger partial charge in [-0.25, -0.2) is 0 Å². The number of rotatable bonds is 3. The maximum absolute atomic E-state index is 8.71. The largest absolute Gasteiger partial charge is 0.395 e. The molecule has 1 aliphatic heterocycles. The van der Waals surface area contributed by atoms with Gasteiger partial charge in [0.25, 0.3) is 0 Å². The molecule has 0 saturated carbocycles. The van der Waals surface area contributed by atoms with Gasteiger partial charge in [-0.3, -0.25) is 0 Å². The van der Waals surface area contributed by atoms with Crippen molar-refractivity contribution in [3.8, 4) is 0 Å². The third-order valence-electron chi connectivity index (χ3n) is 2.18. The van der Waals surface area contributed by atoms with Crippen molar-refractivity contribution in [3.63, 3.8) is 0 Å². The van der Waals surface area contributed by atoms with Crippen LogP contribution in [0.25, 0.3) is 0 Å². The second-order valence-electron chi connectivity index (χ2n) is 3.30. The van der Waals surface area contributed by atoms with E-state index in [1.807, 2.05) is 0 Å². The SMILES string of the molecule is NC(CO)CN1CCCCC1. The first-order valence-corrected chi connectivity index (χ1v) is 4.41. The van der Waals surface area contributed by atoms with Crippen LogP contribution in [0.2, 0.25) is 0 Å². The van der Waals surface area contributed by atoms with Crippen LogP contribution in [0.15, 0.2) is 0 Å². The van der Waals surface area contributed by atoms with Crippen LogP contribution >= 0.6 is 0 Å². The number of likely N-dealkylation sites (tertiary alicyclic amines) is 1. The van der Waals surface area contributed by atoms with Crippen LogP contribution in [0.3, 0.4) is 0 Å². The van der Waals surface area contributed by atoms with Gasteiger partial charge >= 0.3 is 0 Å². The third-order valence-corrected chi connectivity index (χ3v) is 2.18. The molecule has 3 nitrogen and oxygen atoms in total. The van der Waals surface area contributed by atoms with Gasteiger partial charge in [0, 0.05) is 12.6 Å². The van der Waals surface area contributed by atoms with E-state index in [1.54, 1.807) is 0 Å². The van der Waals surface area contributed by atoms with Crippen molar-refractivity contribution in [1.82, 2.24) is 4.90 Å². The molecule has 0 amide bonds. The molecule has 1 unspecified atom stereocenters. The number of hydrogen-bond acceptors (Lipinski definition) is 3. The van der Waals surface area contributed by atoms with Crippen molar-refractivity contribution >= 4 is 0 Å². The zero-order chi connectivity index (χ0) is 8.10. The minimum Gasteiger partial charge on any atom is -0.395 e. The maximum atomic E-state index is 8.71. The van der Waals surface area contributed by atoms with Crippen molar-refractivity contribution in [1.29, 1.82) is 0 Å². The highest BCUT2D eigenvalue weighted by molar-refractivity contribution is 4.70. The third kappa shape index (κ3) is 3.18. The fourth-order valence-corrected chi connectivity index (χ4v) is 1.53. The van der Waals surface area contributed by atoms with Crippen molar-refractivity contribution in [2.75, 3.05) is 26.2 Å². The zero-order valence-corrected chi connectivity index (χ0v) is 7.00. The van der Waals surface area contributed by atoms with Gasteiger partial charge in [-0.15, -0.1) is 0 Å². The van der Waals surface area contributed by atoms with E-state index in [-0.39, 0.29) is 12.6 Å². The Labute approximate surface area is 68.2 Å². The molecule has 1 rings (SSSR count). The summed E-state index contributed by atoms with van der Waals surface area (Å²) in [5.41, 5.74) is 5.61. The van der Waals surface area contributed by atoms with Gasteiger partial charge in [0.15, 0.2) is 0 Å². The Morgan fingerprint density at radius 2 is 1.91 bits per heavy atom. The van der Waals surface area contributed by atoms with Crippen molar-refractivity contribution < 1.29 is 5.11 Å². The molecular weight excluding hydrogens is 140 g/mol. The first-order chi connectivity index (χ1) is 5.33. The van der Waals surface area contributed by atoms with E-state index in [1.165, 1.54) is 19.3 Å². The lowest BCUT2D eigenvalue weighted by Crippen LogP contribution is -2.42. The van der Waals surface area contributed by atoms with Gasteiger partial charge in [-0.1, -0.05) is 6.42 Å². The van der Waals surface area contributed by atoms with Crippen molar-refractivity contribution in [2.45, 2.75) is 25.3 Å². The van der Waals surface area contributed by atoms with E-state index in [2.05, 4.69) is 4.90 Å². The molecule has 0 aromatic rings.